The topological polar surface area (TPSA) is 82.0 Å². The van der Waals surface area contributed by atoms with Crippen molar-refractivity contribution in [3.63, 3.8) is 0 Å². The Kier molecular flexibility index (Phi) is 3.76. The monoisotopic (exact) mass is 335 g/mol. The second kappa shape index (κ2) is 6.08. The summed E-state index contributed by atoms with van der Waals surface area (Å²) in [6.45, 7) is 0. The first-order chi connectivity index (χ1) is 12.1. The molecule has 25 heavy (non-hydrogen) atoms. The fourth-order valence-corrected chi connectivity index (χ4v) is 2.82. The predicted molar refractivity (Wildman–Crippen MR) is 91.9 cm³/mol. The highest BCUT2D eigenvalue weighted by Crippen LogP contribution is 2.32. The Balaban J connectivity index is 1.87. The van der Waals surface area contributed by atoms with Gasteiger partial charge in [0, 0.05) is 58.0 Å². The Hall–Kier alpha value is -3.09. The molecule has 0 atom stereocenters. The van der Waals surface area contributed by atoms with Gasteiger partial charge in [0.15, 0.2) is 6.29 Å². The van der Waals surface area contributed by atoms with E-state index in [0.29, 0.717) is 27.9 Å². The molecule has 124 valence electrons. The van der Waals surface area contributed by atoms with Crippen molar-refractivity contribution >= 4 is 11.0 Å². The Labute approximate surface area is 142 Å². The first-order valence-corrected chi connectivity index (χ1v) is 7.67. The number of aromatic amines is 1. The number of H-pyrrole nitrogens is 1. The van der Waals surface area contributed by atoms with Gasteiger partial charge in [0.05, 0.1) is 0 Å². The maximum absolute atomic E-state index is 14.1. The minimum atomic E-state index is -1.59. The van der Waals surface area contributed by atoms with E-state index in [2.05, 4.69) is 15.0 Å². The lowest BCUT2D eigenvalue weighted by atomic mass is 10.0. The lowest BCUT2D eigenvalue weighted by Gasteiger charge is -2.07. The summed E-state index contributed by atoms with van der Waals surface area (Å²) in [6.07, 6.45) is 4.80. The number of pyridine rings is 2. The quantitative estimate of drug-likeness (QED) is 0.501. The normalized spacial score (nSPS) is 11.4. The van der Waals surface area contributed by atoms with Gasteiger partial charge >= 0.3 is 0 Å². The first-order valence-electron chi connectivity index (χ1n) is 7.67. The molecule has 6 heteroatoms. The highest BCUT2D eigenvalue weighted by Gasteiger charge is 2.13. The zero-order chi connectivity index (χ0) is 17.4. The molecule has 0 amide bonds. The van der Waals surface area contributed by atoms with Crippen molar-refractivity contribution in [1.82, 2.24) is 15.0 Å². The van der Waals surface area contributed by atoms with Gasteiger partial charge in [-0.25, -0.2) is 9.37 Å². The standard InChI is InChI=1S/C19H14FN3O2/c20-17-4-2-1-3-14(17)16-10-23-18-15(16)6-12(9-22-18)11-5-13(19(24)25)8-21-7-11/h1-10,19,24-25H,(H,22,23). The zero-order valence-electron chi connectivity index (χ0n) is 13.0. The van der Waals surface area contributed by atoms with Gasteiger partial charge in [-0.05, 0) is 18.2 Å². The van der Waals surface area contributed by atoms with E-state index in [9.17, 15) is 14.6 Å². The maximum atomic E-state index is 14.1. The molecule has 4 aromatic rings. The maximum Gasteiger partial charge on any atom is 0.179 e. The lowest BCUT2D eigenvalue weighted by Crippen LogP contribution is -1.96. The van der Waals surface area contributed by atoms with Gasteiger partial charge in [0.1, 0.15) is 11.5 Å². The fraction of sp³-hybridized carbons (Fsp3) is 0.0526. The average molecular weight is 335 g/mol. The van der Waals surface area contributed by atoms with Crippen molar-refractivity contribution in [2.75, 3.05) is 0 Å². The number of nitrogens with one attached hydrogen (secondary N) is 1. The number of aliphatic hydroxyl groups is 2. The molecule has 0 radical (unpaired) electrons. The summed E-state index contributed by atoms with van der Waals surface area (Å²) in [6, 6.07) is 10.1. The van der Waals surface area contributed by atoms with E-state index >= 15 is 0 Å². The lowest BCUT2D eigenvalue weighted by molar-refractivity contribution is -0.0426. The van der Waals surface area contributed by atoms with Crippen LogP contribution in [0.4, 0.5) is 4.39 Å². The summed E-state index contributed by atoms with van der Waals surface area (Å²) in [7, 11) is 0. The molecule has 0 aliphatic heterocycles. The molecule has 0 aliphatic carbocycles. The zero-order valence-corrected chi connectivity index (χ0v) is 13.0. The summed E-state index contributed by atoms with van der Waals surface area (Å²) in [5.74, 6) is -0.305. The number of aromatic nitrogens is 3. The molecule has 0 spiro atoms. The van der Waals surface area contributed by atoms with Crippen LogP contribution in [0.25, 0.3) is 33.3 Å². The van der Waals surface area contributed by atoms with Crippen LogP contribution in [0.3, 0.4) is 0 Å². The molecule has 5 nitrogen and oxygen atoms in total. The van der Waals surface area contributed by atoms with Gasteiger partial charge < -0.3 is 15.2 Å². The van der Waals surface area contributed by atoms with Crippen LogP contribution in [0, 0.1) is 5.82 Å². The van der Waals surface area contributed by atoms with Gasteiger partial charge in [0.25, 0.3) is 0 Å². The summed E-state index contributed by atoms with van der Waals surface area (Å²) < 4.78 is 14.1. The first kappa shape index (κ1) is 15.4. The third-order valence-electron chi connectivity index (χ3n) is 4.09. The highest BCUT2D eigenvalue weighted by molar-refractivity contribution is 5.95. The highest BCUT2D eigenvalue weighted by atomic mass is 19.1. The smallest absolute Gasteiger partial charge is 0.179 e. The van der Waals surface area contributed by atoms with Crippen LogP contribution >= 0.6 is 0 Å². The van der Waals surface area contributed by atoms with Gasteiger partial charge in [-0.3, -0.25) is 4.98 Å². The Bertz CT molecular complexity index is 1060. The van der Waals surface area contributed by atoms with E-state index in [0.717, 1.165) is 10.9 Å². The summed E-state index contributed by atoms with van der Waals surface area (Å²) in [5, 5.41) is 19.4. The summed E-state index contributed by atoms with van der Waals surface area (Å²) >= 11 is 0. The Morgan fingerprint density at radius 3 is 2.56 bits per heavy atom. The molecule has 0 bridgehead atoms. The molecule has 3 heterocycles. The number of fused-ring (bicyclic) bond motifs is 1. The second-order valence-corrected chi connectivity index (χ2v) is 5.68. The molecule has 3 N–H and O–H groups in total. The van der Waals surface area contributed by atoms with Crippen LogP contribution in [0.1, 0.15) is 11.9 Å². The molecule has 0 unspecified atom stereocenters. The molecular weight excluding hydrogens is 321 g/mol. The number of hydrogen-bond acceptors (Lipinski definition) is 4. The number of rotatable bonds is 3. The second-order valence-electron chi connectivity index (χ2n) is 5.68. The Morgan fingerprint density at radius 1 is 0.960 bits per heavy atom. The summed E-state index contributed by atoms with van der Waals surface area (Å²) in [4.78, 5) is 11.5. The molecule has 0 aliphatic rings. The molecule has 1 aromatic carbocycles. The van der Waals surface area contributed by atoms with E-state index in [1.54, 1.807) is 42.9 Å². The molecule has 3 aromatic heterocycles. The number of halogens is 1. The molecule has 0 saturated heterocycles. The third-order valence-corrected chi connectivity index (χ3v) is 4.09. The Morgan fingerprint density at radius 2 is 1.76 bits per heavy atom. The molecule has 0 fully saturated rings. The minimum absolute atomic E-state index is 0.293. The third kappa shape index (κ3) is 2.77. The van der Waals surface area contributed by atoms with E-state index < -0.39 is 6.29 Å². The average Bonchev–Trinajstić information content (AvgIpc) is 3.05. The number of hydrogen-bond donors (Lipinski definition) is 3. The van der Waals surface area contributed by atoms with Gasteiger partial charge in [-0.15, -0.1) is 0 Å². The number of aliphatic hydroxyl groups excluding tert-OH is 1. The van der Waals surface area contributed by atoms with Crippen LogP contribution in [0.5, 0.6) is 0 Å². The predicted octanol–water partition coefficient (Wildman–Crippen LogP) is 3.41. The molecule has 4 rings (SSSR count). The van der Waals surface area contributed by atoms with Crippen LogP contribution in [0.2, 0.25) is 0 Å². The van der Waals surface area contributed by atoms with E-state index in [4.69, 9.17) is 0 Å². The van der Waals surface area contributed by atoms with Crippen molar-refractivity contribution in [2.24, 2.45) is 0 Å². The SMILES string of the molecule is OC(O)c1cncc(-c2cnc3[nH]cc(-c4ccccc4F)c3c2)c1. The summed E-state index contributed by atoms with van der Waals surface area (Å²) in [5.41, 5.74) is 3.59. The number of nitrogens with zero attached hydrogens (tertiary/aromatic N) is 2. The molecule has 0 saturated carbocycles. The van der Waals surface area contributed by atoms with Crippen molar-refractivity contribution in [3.8, 4) is 22.3 Å². The van der Waals surface area contributed by atoms with Gasteiger partial charge in [0.2, 0.25) is 0 Å². The van der Waals surface area contributed by atoms with E-state index in [-0.39, 0.29) is 5.82 Å². The van der Waals surface area contributed by atoms with Crippen LogP contribution < -0.4 is 0 Å². The van der Waals surface area contributed by atoms with Crippen molar-refractivity contribution in [1.29, 1.82) is 0 Å². The molecular formula is C19H14FN3O2. The number of benzene rings is 1. The van der Waals surface area contributed by atoms with E-state index in [1.807, 2.05) is 6.07 Å². The largest absolute Gasteiger partial charge is 0.364 e. The van der Waals surface area contributed by atoms with Crippen molar-refractivity contribution in [2.45, 2.75) is 6.29 Å². The fourth-order valence-electron chi connectivity index (χ4n) is 2.82. The van der Waals surface area contributed by atoms with Gasteiger partial charge in [-0.2, -0.15) is 0 Å². The van der Waals surface area contributed by atoms with E-state index in [1.165, 1.54) is 12.3 Å². The van der Waals surface area contributed by atoms with Crippen LogP contribution in [-0.2, 0) is 0 Å². The van der Waals surface area contributed by atoms with Crippen LogP contribution in [-0.4, -0.2) is 25.2 Å². The van der Waals surface area contributed by atoms with Gasteiger partial charge in [-0.1, -0.05) is 18.2 Å². The van der Waals surface area contributed by atoms with Crippen molar-refractivity contribution in [3.05, 3.63) is 72.6 Å². The minimum Gasteiger partial charge on any atom is -0.364 e. The van der Waals surface area contributed by atoms with Crippen molar-refractivity contribution < 1.29 is 14.6 Å². The van der Waals surface area contributed by atoms with Crippen LogP contribution in [0.15, 0.2) is 61.2 Å².